The largest absolute Gasteiger partial charge is 0.493 e. The zero-order valence-electron chi connectivity index (χ0n) is 8.43. The van der Waals surface area contributed by atoms with Crippen LogP contribution in [0, 0.1) is 0 Å². The van der Waals surface area contributed by atoms with Gasteiger partial charge in [0.1, 0.15) is 6.04 Å². The molecule has 0 spiro atoms. The molecule has 0 radical (unpaired) electrons. The number of carbonyl (C=O) groups is 1. The van der Waals surface area contributed by atoms with Gasteiger partial charge in [0.2, 0.25) is 0 Å². The van der Waals surface area contributed by atoms with E-state index in [-0.39, 0.29) is 5.69 Å². The second-order valence-corrected chi connectivity index (χ2v) is 2.78. The van der Waals surface area contributed by atoms with Gasteiger partial charge in [-0.3, -0.25) is 9.78 Å². The summed E-state index contributed by atoms with van der Waals surface area (Å²) in [5.74, 6) is -0.312. The molecule has 0 saturated carbocycles. The second kappa shape index (κ2) is 4.61. The molecule has 6 nitrogen and oxygen atoms in total. The Morgan fingerprint density at radius 2 is 2.07 bits per heavy atom. The average molecular weight is 212 g/mol. The summed E-state index contributed by atoms with van der Waals surface area (Å²) < 4.78 is 9.95. The molecule has 1 atom stereocenters. The van der Waals surface area contributed by atoms with E-state index >= 15 is 0 Å². The molecule has 82 valence electrons. The Balaban J connectivity index is 3.07. The number of nitrogens with two attached hydrogens (primary N) is 1. The van der Waals surface area contributed by atoms with Gasteiger partial charge in [0.05, 0.1) is 26.1 Å². The highest BCUT2D eigenvalue weighted by atomic mass is 16.5. The van der Waals surface area contributed by atoms with Crippen LogP contribution in [-0.4, -0.2) is 30.3 Å². The van der Waals surface area contributed by atoms with Crippen LogP contribution in [0.5, 0.6) is 11.5 Å². The lowest BCUT2D eigenvalue weighted by atomic mass is 10.2. The maximum atomic E-state index is 10.6. The first-order chi connectivity index (χ1) is 7.10. The van der Waals surface area contributed by atoms with Crippen LogP contribution >= 0.6 is 0 Å². The molecule has 0 aliphatic carbocycles. The molecule has 1 heterocycles. The van der Waals surface area contributed by atoms with Gasteiger partial charge in [0.15, 0.2) is 11.5 Å². The number of methoxy groups -OCH3 is 2. The molecule has 1 unspecified atom stereocenters. The van der Waals surface area contributed by atoms with Crippen molar-refractivity contribution in [3.05, 3.63) is 18.0 Å². The van der Waals surface area contributed by atoms with Crippen molar-refractivity contribution in [1.29, 1.82) is 0 Å². The van der Waals surface area contributed by atoms with Gasteiger partial charge in [-0.15, -0.1) is 0 Å². The fraction of sp³-hybridized carbons (Fsp3) is 0.333. The number of aliphatic carboxylic acids is 1. The van der Waals surface area contributed by atoms with E-state index in [0.717, 1.165) is 0 Å². The van der Waals surface area contributed by atoms with Gasteiger partial charge in [0, 0.05) is 6.07 Å². The highest BCUT2D eigenvalue weighted by molar-refractivity contribution is 5.74. The highest BCUT2D eigenvalue weighted by Gasteiger charge is 2.17. The first-order valence-electron chi connectivity index (χ1n) is 4.16. The molecule has 6 heteroatoms. The molecular formula is C9H12N2O4. The van der Waals surface area contributed by atoms with Crippen molar-refractivity contribution in [2.45, 2.75) is 6.04 Å². The molecule has 0 aliphatic heterocycles. The third-order valence-corrected chi connectivity index (χ3v) is 1.88. The third kappa shape index (κ3) is 2.35. The van der Waals surface area contributed by atoms with Crippen LogP contribution in [0.1, 0.15) is 11.7 Å². The van der Waals surface area contributed by atoms with Crippen LogP contribution < -0.4 is 15.2 Å². The van der Waals surface area contributed by atoms with Crippen molar-refractivity contribution >= 4 is 5.97 Å². The zero-order valence-corrected chi connectivity index (χ0v) is 8.43. The Labute approximate surface area is 86.6 Å². The SMILES string of the molecule is COc1cnc(C(N)C(=O)O)cc1OC. The summed E-state index contributed by atoms with van der Waals surface area (Å²) in [6.07, 6.45) is 1.37. The number of carboxylic acids is 1. The fourth-order valence-corrected chi connectivity index (χ4v) is 1.05. The lowest BCUT2D eigenvalue weighted by molar-refractivity contribution is -0.138. The number of rotatable bonds is 4. The number of nitrogens with zero attached hydrogens (tertiary/aromatic N) is 1. The number of hydrogen-bond acceptors (Lipinski definition) is 5. The number of carboxylic acid groups (broad SMARTS) is 1. The van der Waals surface area contributed by atoms with E-state index in [0.29, 0.717) is 11.5 Å². The normalized spacial score (nSPS) is 11.9. The van der Waals surface area contributed by atoms with Crippen LogP contribution in [0.25, 0.3) is 0 Å². The number of hydrogen-bond donors (Lipinski definition) is 2. The van der Waals surface area contributed by atoms with Gasteiger partial charge < -0.3 is 20.3 Å². The van der Waals surface area contributed by atoms with Gasteiger partial charge in [-0.05, 0) is 0 Å². The van der Waals surface area contributed by atoms with Crippen LogP contribution in [0.4, 0.5) is 0 Å². The van der Waals surface area contributed by atoms with Crippen molar-refractivity contribution in [3.63, 3.8) is 0 Å². The van der Waals surface area contributed by atoms with E-state index in [1.807, 2.05) is 0 Å². The maximum Gasteiger partial charge on any atom is 0.326 e. The molecule has 15 heavy (non-hydrogen) atoms. The van der Waals surface area contributed by atoms with Crippen molar-refractivity contribution in [2.24, 2.45) is 5.73 Å². The van der Waals surface area contributed by atoms with Gasteiger partial charge in [-0.1, -0.05) is 0 Å². The monoisotopic (exact) mass is 212 g/mol. The summed E-state index contributed by atoms with van der Waals surface area (Å²) >= 11 is 0. The van der Waals surface area contributed by atoms with Crippen molar-refractivity contribution < 1.29 is 19.4 Å². The fourth-order valence-electron chi connectivity index (χ4n) is 1.05. The van der Waals surface area contributed by atoms with Crippen molar-refractivity contribution in [3.8, 4) is 11.5 Å². The Hall–Kier alpha value is -1.82. The minimum absolute atomic E-state index is 0.222. The van der Waals surface area contributed by atoms with E-state index in [4.69, 9.17) is 20.3 Å². The first kappa shape index (κ1) is 11.3. The molecule has 1 rings (SSSR count). The van der Waals surface area contributed by atoms with E-state index in [2.05, 4.69) is 4.98 Å². The summed E-state index contributed by atoms with van der Waals surface area (Å²) in [4.78, 5) is 14.5. The lowest BCUT2D eigenvalue weighted by Crippen LogP contribution is -2.21. The Kier molecular flexibility index (Phi) is 3.46. The predicted octanol–water partition coefficient (Wildman–Crippen LogP) is 0.183. The minimum atomic E-state index is -1.16. The van der Waals surface area contributed by atoms with Crippen molar-refractivity contribution in [2.75, 3.05) is 14.2 Å². The van der Waals surface area contributed by atoms with E-state index in [1.165, 1.54) is 26.5 Å². The Morgan fingerprint density at radius 3 is 2.53 bits per heavy atom. The lowest BCUT2D eigenvalue weighted by Gasteiger charge is -2.10. The quantitative estimate of drug-likeness (QED) is 0.739. The minimum Gasteiger partial charge on any atom is -0.493 e. The molecule has 0 aromatic carbocycles. The van der Waals surface area contributed by atoms with Gasteiger partial charge in [-0.25, -0.2) is 0 Å². The molecule has 0 aliphatic rings. The average Bonchev–Trinajstić information content (AvgIpc) is 2.26. The standard InChI is InChI=1S/C9H12N2O4/c1-14-6-3-5(8(10)9(12)13)11-4-7(6)15-2/h3-4,8H,10H2,1-2H3,(H,12,13). The summed E-state index contributed by atoms with van der Waals surface area (Å²) in [5, 5.41) is 8.69. The van der Waals surface area contributed by atoms with Crippen LogP contribution in [0.15, 0.2) is 12.3 Å². The molecule has 3 N–H and O–H groups in total. The number of ether oxygens (including phenoxy) is 2. The van der Waals surface area contributed by atoms with E-state index in [9.17, 15) is 4.79 Å². The molecule has 0 bridgehead atoms. The summed E-state index contributed by atoms with van der Waals surface area (Å²) in [7, 11) is 2.92. The zero-order chi connectivity index (χ0) is 11.4. The summed E-state index contributed by atoms with van der Waals surface area (Å²) in [6, 6.07) is 0.280. The second-order valence-electron chi connectivity index (χ2n) is 2.78. The number of pyridine rings is 1. The molecular weight excluding hydrogens is 200 g/mol. The Morgan fingerprint density at radius 1 is 1.47 bits per heavy atom. The molecule has 0 amide bonds. The summed E-state index contributed by atoms with van der Waals surface area (Å²) in [5.41, 5.74) is 5.62. The van der Waals surface area contributed by atoms with E-state index in [1.54, 1.807) is 0 Å². The maximum absolute atomic E-state index is 10.6. The molecule has 1 aromatic heterocycles. The first-order valence-corrected chi connectivity index (χ1v) is 4.16. The third-order valence-electron chi connectivity index (χ3n) is 1.88. The van der Waals surface area contributed by atoms with Gasteiger partial charge in [0.25, 0.3) is 0 Å². The predicted molar refractivity (Wildman–Crippen MR) is 51.9 cm³/mol. The molecule has 0 fully saturated rings. The van der Waals surface area contributed by atoms with Gasteiger partial charge in [-0.2, -0.15) is 0 Å². The molecule has 0 saturated heterocycles. The summed E-state index contributed by atoms with van der Waals surface area (Å²) in [6.45, 7) is 0. The number of aromatic nitrogens is 1. The van der Waals surface area contributed by atoms with Crippen LogP contribution in [-0.2, 0) is 4.79 Å². The van der Waals surface area contributed by atoms with E-state index < -0.39 is 12.0 Å². The Bertz CT molecular complexity index is 367. The van der Waals surface area contributed by atoms with Crippen LogP contribution in [0.2, 0.25) is 0 Å². The topological polar surface area (TPSA) is 94.7 Å². The highest BCUT2D eigenvalue weighted by Crippen LogP contribution is 2.27. The smallest absolute Gasteiger partial charge is 0.326 e. The van der Waals surface area contributed by atoms with Crippen LogP contribution in [0.3, 0.4) is 0 Å². The van der Waals surface area contributed by atoms with Gasteiger partial charge >= 0.3 is 5.97 Å². The van der Waals surface area contributed by atoms with Crippen molar-refractivity contribution in [1.82, 2.24) is 4.98 Å². The molecule has 1 aromatic rings.